The molecule has 0 radical (unpaired) electrons. The third kappa shape index (κ3) is 3.27. The molecular formula is C21H20ClFN4S. The zero-order chi connectivity index (χ0) is 19.8. The maximum absolute atomic E-state index is 13.7. The molecule has 2 aromatic heterocycles. The highest BCUT2D eigenvalue weighted by atomic mass is 35.5. The van der Waals surface area contributed by atoms with Crippen LogP contribution < -0.4 is 5.32 Å². The van der Waals surface area contributed by atoms with Crippen LogP contribution >= 0.6 is 23.8 Å². The number of hydrogen-bond donors (Lipinski definition) is 1. The summed E-state index contributed by atoms with van der Waals surface area (Å²) in [7, 11) is 0. The summed E-state index contributed by atoms with van der Waals surface area (Å²) in [5.41, 5.74) is 2.75. The molecule has 1 aromatic carbocycles. The first-order valence-corrected chi connectivity index (χ1v) is 9.88. The summed E-state index contributed by atoms with van der Waals surface area (Å²) >= 11 is 11.7. The van der Waals surface area contributed by atoms with Gasteiger partial charge in [0, 0.05) is 29.8 Å². The Hall–Kier alpha value is -2.44. The van der Waals surface area contributed by atoms with Crippen molar-refractivity contribution in [1.29, 1.82) is 0 Å². The first-order chi connectivity index (χ1) is 13.5. The number of hydrogen-bond acceptors (Lipinski definition) is 2. The van der Waals surface area contributed by atoms with Crippen molar-refractivity contribution >= 4 is 28.9 Å². The van der Waals surface area contributed by atoms with Crippen molar-refractivity contribution < 1.29 is 4.39 Å². The summed E-state index contributed by atoms with van der Waals surface area (Å²) in [5, 5.41) is 4.23. The van der Waals surface area contributed by atoms with E-state index in [1.807, 2.05) is 35.0 Å². The molecule has 0 unspecified atom stereocenters. The van der Waals surface area contributed by atoms with E-state index in [4.69, 9.17) is 23.8 Å². The molecule has 2 atom stereocenters. The van der Waals surface area contributed by atoms with E-state index in [0.717, 1.165) is 17.1 Å². The Kier molecular flexibility index (Phi) is 5.08. The second-order valence-corrected chi connectivity index (χ2v) is 7.82. The van der Waals surface area contributed by atoms with Gasteiger partial charge in [-0.3, -0.25) is 4.98 Å². The summed E-state index contributed by atoms with van der Waals surface area (Å²) in [5.74, 6) is -0.432. The van der Waals surface area contributed by atoms with Crippen LogP contribution in [0.5, 0.6) is 0 Å². The minimum atomic E-state index is -0.432. The van der Waals surface area contributed by atoms with Crippen LogP contribution in [0.3, 0.4) is 0 Å². The van der Waals surface area contributed by atoms with E-state index >= 15 is 0 Å². The highest BCUT2D eigenvalue weighted by molar-refractivity contribution is 7.80. The van der Waals surface area contributed by atoms with Crippen LogP contribution in [-0.4, -0.2) is 25.6 Å². The summed E-state index contributed by atoms with van der Waals surface area (Å²) in [6.07, 6.45) is 3.74. The van der Waals surface area contributed by atoms with Gasteiger partial charge >= 0.3 is 0 Å². The number of pyridine rings is 1. The average molecular weight is 415 g/mol. The average Bonchev–Trinajstić information content (AvgIpc) is 3.28. The van der Waals surface area contributed by atoms with Crippen molar-refractivity contribution in [3.63, 3.8) is 0 Å². The Bertz CT molecular complexity index is 1000. The zero-order valence-electron chi connectivity index (χ0n) is 15.5. The van der Waals surface area contributed by atoms with Gasteiger partial charge in [0.1, 0.15) is 5.82 Å². The number of thiocarbonyl (C=S) groups is 1. The number of aromatic nitrogens is 2. The maximum atomic E-state index is 13.7. The molecule has 4 rings (SSSR count). The number of halogens is 2. The maximum Gasteiger partial charge on any atom is 0.170 e. The Labute approximate surface area is 174 Å². The lowest BCUT2D eigenvalue weighted by molar-refractivity contribution is 0.262. The first kappa shape index (κ1) is 18.9. The van der Waals surface area contributed by atoms with Crippen molar-refractivity contribution in [3.8, 4) is 5.69 Å². The molecule has 28 heavy (non-hydrogen) atoms. The smallest absolute Gasteiger partial charge is 0.170 e. The molecular weight excluding hydrogens is 395 g/mol. The molecule has 1 aliphatic heterocycles. The number of rotatable bonds is 4. The van der Waals surface area contributed by atoms with Gasteiger partial charge in [0.25, 0.3) is 0 Å². The molecule has 1 aliphatic rings. The molecule has 0 saturated carbocycles. The second-order valence-electron chi connectivity index (χ2n) is 7.03. The third-order valence-electron chi connectivity index (χ3n) is 4.96. The summed E-state index contributed by atoms with van der Waals surface area (Å²) < 4.78 is 15.7. The fourth-order valence-corrected chi connectivity index (χ4v) is 4.37. The lowest BCUT2D eigenvalue weighted by Gasteiger charge is -2.31. The topological polar surface area (TPSA) is 33.1 Å². The van der Waals surface area contributed by atoms with Gasteiger partial charge in [-0.25, -0.2) is 4.39 Å². The van der Waals surface area contributed by atoms with E-state index in [0.29, 0.717) is 5.11 Å². The molecule has 7 heteroatoms. The molecule has 1 saturated heterocycles. The summed E-state index contributed by atoms with van der Waals surface area (Å²) in [6.45, 7) is 4.23. The second kappa shape index (κ2) is 7.53. The SMILES string of the molecule is CC(C)N1C(=S)N[C@H](c2ccccn2)[C@@H]1c1cccn1-c1ccc(F)c(Cl)c1. The predicted molar refractivity (Wildman–Crippen MR) is 113 cm³/mol. The van der Waals surface area contributed by atoms with Crippen molar-refractivity contribution in [3.05, 3.63) is 83.2 Å². The Morgan fingerprint density at radius 3 is 2.68 bits per heavy atom. The largest absolute Gasteiger partial charge is 0.352 e. The zero-order valence-corrected chi connectivity index (χ0v) is 17.1. The quantitative estimate of drug-likeness (QED) is 0.606. The molecule has 4 nitrogen and oxygen atoms in total. The van der Waals surface area contributed by atoms with Crippen LogP contribution in [-0.2, 0) is 0 Å². The normalized spacial score (nSPS) is 19.3. The van der Waals surface area contributed by atoms with Crippen molar-refractivity contribution in [2.45, 2.75) is 32.0 Å². The summed E-state index contributed by atoms with van der Waals surface area (Å²) in [6, 6.07) is 14.7. The first-order valence-electron chi connectivity index (χ1n) is 9.10. The van der Waals surface area contributed by atoms with Gasteiger partial charge in [-0.1, -0.05) is 17.7 Å². The minimum Gasteiger partial charge on any atom is -0.352 e. The molecule has 1 fully saturated rings. The molecule has 0 bridgehead atoms. The number of nitrogens with zero attached hydrogens (tertiary/aromatic N) is 3. The molecule has 0 aliphatic carbocycles. The number of benzene rings is 1. The van der Waals surface area contributed by atoms with Gasteiger partial charge in [-0.05, 0) is 68.5 Å². The molecule has 0 amide bonds. The van der Waals surface area contributed by atoms with Crippen LogP contribution in [0.15, 0.2) is 60.9 Å². The highest BCUT2D eigenvalue weighted by Gasteiger charge is 2.42. The van der Waals surface area contributed by atoms with Crippen LogP contribution in [0.2, 0.25) is 5.02 Å². The highest BCUT2D eigenvalue weighted by Crippen LogP contribution is 2.40. The van der Waals surface area contributed by atoms with E-state index in [-0.39, 0.29) is 23.1 Å². The third-order valence-corrected chi connectivity index (χ3v) is 5.57. The van der Waals surface area contributed by atoms with Crippen LogP contribution in [0.1, 0.15) is 37.3 Å². The van der Waals surface area contributed by atoms with Gasteiger partial charge in [0.05, 0.1) is 22.8 Å². The van der Waals surface area contributed by atoms with E-state index < -0.39 is 5.82 Å². The van der Waals surface area contributed by atoms with Crippen molar-refractivity contribution in [1.82, 2.24) is 19.8 Å². The Morgan fingerprint density at radius 2 is 2.00 bits per heavy atom. The molecule has 3 heterocycles. The van der Waals surface area contributed by atoms with Gasteiger partial charge in [0.15, 0.2) is 5.11 Å². The Balaban J connectivity index is 1.84. The fourth-order valence-electron chi connectivity index (χ4n) is 3.74. The van der Waals surface area contributed by atoms with E-state index in [1.54, 1.807) is 18.3 Å². The summed E-state index contributed by atoms with van der Waals surface area (Å²) in [4.78, 5) is 6.73. The van der Waals surface area contributed by atoms with Crippen LogP contribution in [0.4, 0.5) is 4.39 Å². The monoisotopic (exact) mass is 414 g/mol. The van der Waals surface area contributed by atoms with Crippen molar-refractivity contribution in [2.24, 2.45) is 0 Å². The van der Waals surface area contributed by atoms with E-state index in [1.165, 1.54) is 6.07 Å². The Morgan fingerprint density at radius 1 is 1.18 bits per heavy atom. The number of nitrogens with one attached hydrogen (secondary N) is 1. The van der Waals surface area contributed by atoms with Gasteiger partial charge in [-0.2, -0.15) is 0 Å². The fraction of sp³-hybridized carbons (Fsp3) is 0.238. The van der Waals surface area contributed by atoms with Gasteiger partial charge in [0.2, 0.25) is 0 Å². The lowest BCUT2D eigenvalue weighted by Crippen LogP contribution is -2.36. The van der Waals surface area contributed by atoms with E-state index in [2.05, 4.69) is 35.1 Å². The standard InChI is InChI=1S/C21H20ClFN4S/c1-13(2)27-20(19(25-21(27)28)17-6-3-4-10-24-17)18-7-5-11-26(18)14-8-9-16(23)15(22)12-14/h3-13,19-20H,1-2H3,(H,25,28)/t19-,20+/m1/s1. The predicted octanol–water partition coefficient (Wildman–Crippen LogP) is 5.05. The molecule has 0 spiro atoms. The molecule has 3 aromatic rings. The van der Waals surface area contributed by atoms with Gasteiger partial charge in [-0.15, -0.1) is 0 Å². The molecule has 1 N–H and O–H groups in total. The van der Waals surface area contributed by atoms with Crippen molar-refractivity contribution in [2.75, 3.05) is 0 Å². The van der Waals surface area contributed by atoms with Crippen LogP contribution in [0.25, 0.3) is 5.69 Å². The van der Waals surface area contributed by atoms with E-state index in [9.17, 15) is 4.39 Å². The minimum absolute atomic E-state index is 0.0683. The lowest BCUT2D eigenvalue weighted by atomic mass is 10.0. The van der Waals surface area contributed by atoms with Crippen LogP contribution in [0, 0.1) is 5.82 Å². The van der Waals surface area contributed by atoms with Gasteiger partial charge < -0.3 is 14.8 Å². The molecule has 144 valence electrons.